The van der Waals surface area contributed by atoms with Crippen LogP contribution in [0.2, 0.25) is 10.0 Å². The number of nitrogens with zero attached hydrogens (tertiary/aromatic N) is 2. The van der Waals surface area contributed by atoms with E-state index in [0.29, 0.717) is 28.3 Å². The highest BCUT2D eigenvalue weighted by Crippen LogP contribution is 2.30. The van der Waals surface area contributed by atoms with E-state index < -0.39 is 12.6 Å². The SMILES string of the molecule is FC(F)(F)CCn1c(CCCl)nc2cc(Cl)c(Cl)cc21. The summed E-state index contributed by atoms with van der Waals surface area (Å²) in [7, 11) is 0. The van der Waals surface area contributed by atoms with Gasteiger partial charge in [0.1, 0.15) is 5.82 Å². The van der Waals surface area contributed by atoms with Crippen LogP contribution in [0.1, 0.15) is 12.2 Å². The Morgan fingerprint density at radius 1 is 1.15 bits per heavy atom. The number of aromatic nitrogens is 2. The molecule has 2 rings (SSSR count). The molecule has 0 saturated carbocycles. The van der Waals surface area contributed by atoms with Gasteiger partial charge in [0, 0.05) is 18.8 Å². The molecule has 1 aromatic heterocycles. The molecule has 0 radical (unpaired) electrons. The predicted octanol–water partition coefficient (Wildman–Crippen LogP) is 5.08. The van der Waals surface area contributed by atoms with Crippen molar-refractivity contribution in [1.29, 1.82) is 0 Å². The van der Waals surface area contributed by atoms with E-state index in [2.05, 4.69) is 4.98 Å². The molecule has 0 saturated heterocycles. The van der Waals surface area contributed by atoms with Crippen LogP contribution in [0.25, 0.3) is 11.0 Å². The lowest BCUT2D eigenvalue weighted by atomic mass is 10.3. The Labute approximate surface area is 128 Å². The molecule has 0 bridgehead atoms. The quantitative estimate of drug-likeness (QED) is 0.707. The summed E-state index contributed by atoms with van der Waals surface area (Å²) in [6.45, 7) is -0.218. The molecule has 0 atom stereocenters. The average Bonchev–Trinajstić information content (AvgIpc) is 2.64. The van der Waals surface area contributed by atoms with E-state index in [-0.39, 0.29) is 17.4 Å². The van der Waals surface area contributed by atoms with Crippen molar-refractivity contribution in [2.75, 3.05) is 5.88 Å². The fourth-order valence-corrected chi connectivity index (χ4v) is 2.42. The minimum absolute atomic E-state index is 0.218. The fraction of sp³-hybridized carbons (Fsp3) is 0.417. The van der Waals surface area contributed by atoms with Gasteiger partial charge in [-0.2, -0.15) is 13.2 Å². The molecule has 0 fully saturated rings. The molecule has 1 heterocycles. The lowest BCUT2D eigenvalue weighted by molar-refractivity contribution is -0.136. The summed E-state index contributed by atoms with van der Waals surface area (Å²) in [5, 5.41) is 0.599. The zero-order valence-corrected chi connectivity index (χ0v) is 12.4. The summed E-state index contributed by atoms with van der Waals surface area (Å²) in [4.78, 5) is 4.27. The topological polar surface area (TPSA) is 17.8 Å². The molecule has 8 heteroatoms. The monoisotopic (exact) mass is 344 g/mol. The van der Waals surface area contributed by atoms with Crippen LogP contribution in [-0.4, -0.2) is 21.6 Å². The van der Waals surface area contributed by atoms with Gasteiger partial charge in [-0.1, -0.05) is 23.2 Å². The van der Waals surface area contributed by atoms with E-state index in [0.717, 1.165) is 0 Å². The standard InChI is InChI=1S/C12H10Cl3F3N2/c13-3-1-11-19-9-5-7(14)8(15)6-10(9)20(11)4-2-12(16,17)18/h5-6H,1-4H2. The van der Waals surface area contributed by atoms with Gasteiger partial charge in [0.05, 0.1) is 27.5 Å². The highest BCUT2D eigenvalue weighted by Gasteiger charge is 2.27. The summed E-state index contributed by atoms with van der Waals surface area (Å²) in [6, 6.07) is 3.07. The number of hydrogen-bond donors (Lipinski definition) is 0. The third kappa shape index (κ3) is 3.51. The van der Waals surface area contributed by atoms with E-state index in [4.69, 9.17) is 34.8 Å². The zero-order valence-electron chi connectivity index (χ0n) is 10.1. The Morgan fingerprint density at radius 3 is 2.40 bits per heavy atom. The molecule has 0 unspecified atom stereocenters. The molecule has 1 aromatic carbocycles. The number of rotatable bonds is 4. The minimum atomic E-state index is -4.23. The van der Waals surface area contributed by atoms with Crippen molar-refractivity contribution in [2.24, 2.45) is 0 Å². The molecule has 0 spiro atoms. The molecule has 0 N–H and O–H groups in total. The number of halogens is 6. The number of aryl methyl sites for hydroxylation is 2. The second kappa shape index (κ2) is 6.00. The largest absolute Gasteiger partial charge is 0.390 e. The summed E-state index contributed by atoms with van der Waals surface area (Å²) in [5.41, 5.74) is 1.05. The Kier molecular flexibility index (Phi) is 4.72. The van der Waals surface area contributed by atoms with Crippen molar-refractivity contribution >= 4 is 45.8 Å². The molecule has 0 amide bonds. The van der Waals surface area contributed by atoms with Crippen molar-refractivity contribution in [3.63, 3.8) is 0 Å². The molecular weight excluding hydrogens is 335 g/mol. The lowest BCUT2D eigenvalue weighted by Crippen LogP contribution is -2.14. The van der Waals surface area contributed by atoms with E-state index >= 15 is 0 Å². The highest BCUT2D eigenvalue weighted by molar-refractivity contribution is 6.42. The molecule has 0 aliphatic rings. The molecule has 20 heavy (non-hydrogen) atoms. The number of fused-ring (bicyclic) bond motifs is 1. The van der Waals surface area contributed by atoms with Crippen LogP contribution in [0.3, 0.4) is 0 Å². The third-order valence-corrected chi connectivity index (χ3v) is 3.72. The van der Waals surface area contributed by atoms with Crippen LogP contribution < -0.4 is 0 Å². The predicted molar refractivity (Wildman–Crippen MR) is 74.8 cm³/mol. The second-order valence-electron chi connectivity index (χ2n) is 4.24. The molecule has 0 aliphatic heterocycles. The van der Waals surface area contributed by atoms with Gasteiger partial charge in [0.2, 0.25) is 0 Å². The van der Waals surface area contributed by atoms with Gasteiger partial charge >= 0.3 is 6.18 Å². The van der Waals surface area contributed by atoms with Crippen LogP contribution in [0.5, 0.6) is 0 Å². The van der Waals surface area contributed by atoms with Gasteiger partial charge in [-0.25, -0.2) is 4.98 Å². The van der Waals surface area contributed by atoms with Crippen LogP contribution in [0.4, 0.5) is 13.2 Å². The van der Waals surface area contributed by atoms with Crippen molar-refractivity contribution in [2.45, 2.75) is 25.6 Å². The number of benzene rings is 1. The number of hydrogen-bond acceptors (Lipinski definition) is 1. The van der Waals surface area contributed by atoms with Gasteiger partial charge in [-0.05, 0) is 12.1 Å². The average molecular weight is 346 g/mol. The number of imidazole rings is 1. The van der Waals surface area contributed by atoms with Crippen LogP contribution in [0.15, 0.2) is 12.1 Å². The maximum Gasteiger partial charge on any atom is 0.390 e. The first-order valence-electron chi connectivity index (χ1n) is 5.78. The maximum absolute atomic E-state index is 12.4. The molecule has 2 aromatic rings. The van der Waals surface area contributed by atoms with E-state index in [1.807, 2.05) is 0 Å². The Bertz CT molecular complexity index is 622. The maximum atomic E-state index is 12.4. The van der Waals surface area contributed by atoms with Crippen molar-refractivity contribution in [3.8, 4) is 0 Å². The van der Waals surface area contributed by atoms with Crippen LogP contribution in [-0.2, 0) is 13.0 Å². The van der Waals surface area contributed by atoms with Crippen LogP contribution >= 0.6 is 34.8 Å². The van der Waals surface area contributed by atoms with E-state index in [1.165, 1.54) is 10.6 Å². The highest BCUT2D eigenvalue weighted by atomic mass is 35.5. The lowest BCUT2D eigenvalue weighted by Gasteiger charge is -2.11. The molecule has 110 valence electrons. The van der Waals surface area contributed by atoms with Crippen LogP contribution in [0, 0.1) is 0 Å². The minimum Gasteiger partial charge on any atom is -0.328 e. The van der Waals surface area contributed by atoms with Gasteiger partial charge in [0.15, 0.2) is 0 Å². The summed E-state index contributed by atoms with van der Waals surface area (Å²) < 4.78 is 38.7. The first-order chi connectivity index (χ1) is 9.31. The van der Waals surface area contributed by atoms with Gasteiger partial charge in [-0.15, -0.1) is 11.6 Å². The first-order valence-corrected chi connectivity index (χ1v) is 7.08. The first kappa shape index (κ1) is 15.7. The smallest absolute Gasteiger partial charge is 0.328 e. The Hall–Kier alpha value is -0.650. The summed E-state index contributed by atoms with van der Waals surface area (Å²) in [5.74, 6) is 0.772. The van der Waals surface area contributed by atoms with E-state index in [1.54, 1.807) is 6.07 Å². The van der Waals surface area contributed by atoms with Gasteiger partial charge in [0.25, 0.3) is 0 Å². The molecular formula is C12H10Cl3F3N2. The summed E-state index contributed by atoms with van der Waals surface area (Å²) >= 11 is 17.5. The number of alkyl halides is 4. The second-order valence-corrected chi connectivity index (χ2v) is 5.43. The van der Waals surface area contributed by atoms with Crippen molar-refractivity contribution < 1.29 is 13.2 Å². The zero-order chi connectivity index (χ0) is 14.9. The molecule has 2 nitrogen and oxygen atoms in total. The van der Waals surface area contributed by atoms with Gasteiger partial charge in [-0.3, -0.25) is 0 Å². The van der Waals surface area contributed by atoms with Crippen molar-refractivity contribution in [1.82, 2.24) is 9.55 Å². The Balaban J connectivity index is 2.47. The molecule has 0 aliphatic carbocycles. The van der Waals surface area contributed by atoms with Crippen molar-refractivity contribution in [3.05, 3.63) is 28.0 Å². The normalized spacial score (nSPS) is 12.3. The third-order valence-electron chi connectivity index (χ3n) is 2.81. The van der Waals surface area contributed by atoms with Gasteiger partial charge < -0.3 is 4.57 Å². The van der Waals surface area contributed by atoms with E-state index in [9.17, 15) is 13.2 Å². The summed E-state index contributed by atoms with van der Waals surface area (Å²) in [6.07, 6.45) is -4.79. The Morgan fingerprint density at radius 2 is 1.80 bits per heavy atom. The fourth-order valence-electron chi connectivity index (χ4n) is 1.93.